The fourth-order valence-electron chi connectivity index (χ4n) is 3.06. The van der Waals surface area contributed by atoms with Gasteiger partial charge in [0.1, 0.15) is 0 Å². The molecule has 2 heterocycles. The zero-order chi connectivity index (χ0) is 20.6. The van der Waals surface area contributed by atoms with Crippen LogP contribution in [-0.2, 0) is 19.1 Å². The van der Waals surface area contributed by atoms with E-state index in [2.05, 4.69) is 5.32 Å². The Morgan fingerprint density at radius 2 is 1.93 bits per heavy atom. The highest BCUT2D eigenvalue weighted by Gasteiger charge is 2.24. The molecule has 1 N–H and O–H groups in total. The molecule has 0 saturated carbocycles. The molecule has 0 spiro atoms. The van der Waals surface area contributed by atoms with Crippen LogP contribution in [0.25, 0.3) is 6.08 Å². The maximum absolute atomic E-state index is 12.0. The van der Waals surface area contributed by atoms with Crippen LogP contribution in [0.3, 0.4) is 0 Å². The Hall–Kier alpha value is -3.23. The van der Waals surface area contributed by atoms with E-state index in [-0.39, 0.29) is 31.4 Å². The lowest BCUT2D eigenvalue weighted by Crippen LogP contribution is -2.47. The third-order valence-corrected chi connectivity index (χ3v) is 4.54. The first-order valence-electron chi connectivity index (χ1n) is 9.50. The largest absolute Gasteiger partial charge is 0.454 e. The number of carbonyl (C=O) groups is 3. The third kappa shape index (κ3) is 5.87. The molecule has 9 nitrogen and oxygen atoms in total. The zero-order valence-electron chi connectivity index (χ0n) is 16.2. The Kier molecular flexibility index (Phi) is 6.94. The van der Waals surface area contributed by atoms with Gasteiger partial charge in [-0.3, -0.25) is 4.79 Å². The molecule has 1 aromatic rings. The number of likely N-dealkylation sites (tertiary alicyclic amines) is 1. The summed E-state index contributed by atoms with van der Waals surface area (Å²) in [7, 11) is 0. The highest BCUT2D eigenvalue weighted by Crippen LogP contribution is 2.32. The van der Waals surface area contributed by atoms with E-state index in [0.29, 0.717) is 44.0 Å². The summed E-state index contributed by atoms with van der Waals surface area (Å²) in [5, 5.41) is 2.82. The average molecular weight is 404 g/mol. The van der Waals surface area contributed by atoms with Crippen molar-refractivity contribution >= 4 is 24.0 Å². The van der Waals surface area contributed by atoms with Crippen molar-refractivity contribution in [1.82, 2.24) is 10.2 Å². The minimum atomic E-state index is -0.616. The van der Waals surface area contributed by atoms with Gasteiger partial charge in [-0.1, -0.05) is 6.07 Å². The Morgan fingerprint density at radius 3 is 2.69 bits per heavy atom. The highest BCUT2D eigenvalue weighted by molar-refractivity contribution is 5.89. The molecule has 9 heteroatoms. The van der Waals surface area contributed by atoms with Crippen LogP contribution in [0.4, 0.5) is 4.79 Å². The molecule has 0 radical (unpaired) electrons. The first-order valence-corrected chi connectivity index (χ1v) is 9.50. The molecule has 156 valence electrons. The number of nitrogens with zero attached hydrogens (tertiary/aromatic N) is 1. The van der Waals surface area contributed by atoms with Crippen molar-refractivity contribution in [2.24, 2.45) is 0 Å². The van der Waals surface area contributed by atoms with Gasteiger partial charge in [0, 0.05) is 25.2 Å². The summed E-state index contributed by atoms with van der Waals surface area (Å²) in [6.07, 6.45) is 3.75. The van der Waals surface area contributed by atoms with Gasteiger partial charge in [-0.05, 0) is 43.5 Å². The Bertz CT molecular complexity index is 785. The predicted molar refractivity (Wildman–Crippen MR) is 102 cm³/mol. The van der Waals surface area contributed by atoms with Crippen LogP contribution >= 0.6 is 0 Å². The van der Waals surface area contributed by atoms with Crippen molar-refractivity contribution in [2.75, 3.05) is 33.1 Å². The predicted octanol–water partition coefficient (Wildman–Crippen LogP) is 1.71. The smallest absolute Gasteiger partial charge is 0.409 e. The number of esters is 1. The van der Waals surface area contributed by atoms with Gasteiger partial charge in [0.2, 0.25) is 6.79 Å². The molecule has 0 bridgehead atoms. The number of hydrogen-bond donors (Lipinski definition) is 1. The van der Waals surface area contributed by atoms with E-state index in [0.717, 1.165) is 5.56 Å². The van der Waals surface area contributed by atoms with E-state index in [4.69, 9.17) is 18.9 Å². The number of benzene rings is 1. The van der Waals surface area contributed by atoms with Crippen LogP contribution in [0.5, 0.6) is 11.5 Å². The van der Waals surface area contributed by atoms with Gasteiger partial charge in [0.05, 0.1) is 6.61 Å². The summed E-state index contributed by atoms with van der Waals surface area (Å²) < 4.78 is 20.4. The Labute approximate surface area is 168 Å². The number of nitrogens with one attached hydrogen (secondary N) is 1. The van der Waals surface area contributed by atoms with Crippen LogP contribution in [0, 0.1) is 0 Å². The van der Waals surface area contributed by atoms with E-state index in [1.165, 1.54) is 6.08 Å². The minimum Gasteiger partial charge on any atom is -0.454 e. The third-order valence-electron chi connectivity index (χ3n) is 4.54. The van der Waals surface area contributed by atoms with Gasteiger partial charge >= 0.3 is 12.1 Å². The molecule has 2 amide bonds. The number of hydrogen-bond acceptors (Lipinski definition) is 7. The standard InChI is InChI=1S/C20H24N2O7/c1-2-26-20(25)22-9-7-15(8-10-22)21-18(23)12-27-19(24)6-4-14-3-5-16-17(11-14)29-13-28-16/h3-6,11,15H,2,7-10,12-13H2,1H3,(H,21,23)/b6-4+. The summed E-state index contributed by atoms with van der Waals surface area (Å²) in [4.78, 5) is 37.1. The first-order chi connectivity index (χ1) is 14.0. The number of carbonyl (C=O) groups excluding carboxylic acids is 3. The lowest BCUT2D eigenvalue weighted by molar-refractivity contribution is -0.144. The van der Waals surface area contributed by atoms with Gasteiger partial charge in [-0.2, -0.15) is 0 Å². The fourth-order valence-corrected chi connectivity index (χ4v) is 3.06. The topological polar surface area (TPSA) is 103 Å². The molecule has 1 saturated heterocycles. The van der Waals surface area contributed by atoms with Gasteiger partial charge < -0.3 is 29.2 Å². The summed E-state index contributed by atoms with van der Waals surface area (Å²) in [6.45, 7) is 2.95. The first kappa shape index (κ1) is 20.5. The summed E-state index contributed by atoms with van der Waals surface area (Å²) in [5.41, 5.74) is 0.754. The molecule has 29 heavy (non-hydrogen) atoms. The molecule has 2 aliphatic rings. The molecule has 0 unspecified atom stereocenters. The SMILES string of the molecule is CCOC(=O)N1CCC(NC(=O)COC(=O)/C=C/c2ccc3c(c2)OCO3)CC1. The van der Waals surface area contributed by atoms with Gasteiger partial charge in [0.15, 0.2) is 18.1 Å². The number of ether oxygens (including phenoxy) is 4. The van der Waals surface area contributed by atoms with Crippen LogP contribution < -0.4 is 14.8 Å². The van der Waals surface area contributed by atoms with Crippen molar-refractivity contribution in [3.05, 3.63) is 29.8 Å². The average Bonchev–Trinajstić information content (AvgIpc) is 3.19. The van der Waals surface area contributed by atoms with Crippen LogP contribution in [0.15, 0.2) is 24.3 Å². The maximum atomic E-state index is 12.0. The van der Waals surface area contributed by atoms with Crippen molar-refractivity contribution in [2.45, 2.75) is 25.8 Å². The number of fused-ring (bicyclic) bond motifs is 1. The van der Waals surface area contributed by atoms with Gasteiger partial charge in [-0.15, -0.1) is 0 Å². The van der Waals surface area contributed by atoms with Crippen molar-refractivity contribution in [1.29, 1.82) is 0 Å². The second kappa shape index (κ2) is 9.81. The summed E-state index contributed by atoms with van der Waals surface area (Å²) >= 11 is 0. The molecular formula is C20H24N2O7. The van der Waals surface area contributed by atoms with Gasteiger partial charge in [0.25, 0.3) is 5.91 Å². The van der Waals surface area contributed by atoms with Gasteiger partial charge in [-0.25, -0.2) is 9.59 Å². The van der Waals surface area contributed by atoms with Crippen molar-refractivity contribution in [3.63, 3.8) is 0 Å². The molecule has 0 aliphatic carbocycles. The van der Waals surface area contributed by atoms with E-state index in [9.17, 15) is 14.4 Å². The van der Waals surface area contributed by atoms with Crippen LogP contribution in [-0.4, -0.2) is 62.0 Å². The second-order valence-electron chi connectivity index (χ2n) is 6.58. The van der Waals surface area contributed by atoms with Crippen molar-refractivity contribution in [3.8, 4) is 11.5 Å². The van der Waals surface area contributed by atoms with Crippen LogP contribution in [0.1, 0.15) is 25.3 Å². The lowest BCUT2D eigenvalue weighted by atomic mass is 10.1. The quantitative estimate of drug-likeness (QED) is 0.569. The molecule has 0 atom stereocenters. The zero-order valence-corrected chi connectivity index (χ0v) is 16.2. The maximum Gasteiger partial charge on any atom is 0.409 e. The van der Waals surface area contributed by atoms with E-state index >= 15 is 0 Å². The number of amides is 2. The lowest BCUT2D eigenvalue weighted by Gasteiger charge is -2.31. The fraction of sp³-hybridized carbons (Fsp3) is 0.450. The second-order valence-corrected chi connectivity index (χ2v) is 6.58. The molecule has 3 rings (SSSR count). The normalized spacial score (nSPS) is 16.0. The molecule has 1 aromatic carbocycles. The Morgan fingerprint density at radius 1 is 1.17 bits per heavy atom. The molecule has 0 aromatic heterocycles. The molecule has 1 fully saturated rings. The summed E-state index contributed by atoms with van der Waals surface area (Å²) in [6, 6.07) is 5.23. The van der Waals surface area contributed by atoms with E-state index < -0.39 is 5.97 Å². The summed E-state index contributed by atoms with van der Waals surface area (Å²) in [5.74, 6) is 0.294. The van der Waals surface area contributed by atoms with Crippen molar-refractivity contribution < 1.29 is 33.3 Å². The number of rotatable bonds is 6. The number of piperidine rings is 1. The molecule has 2 aliphatic heterocycles. The Balaban J connectivity index is 1.36. The molecular weight excluding hydrogens is 380 g/mol. The van der Waals surface area contributed by atoms with Crippen LogP contribution in [0.2, 0.25) is 0 Å². The highest BCUT2D eigenvalue weighted by atomic mass is 16.7. The monoisotopic (exact) mass is 404 g/mol. The van der Waals surface area contributed by atoms with E-state index in [1.807, 2.05) is 0 Å². The van der Waals surface area contributed by atoms with E-state index in [1.54, 1.807) is 36.1 Å². The minimum absolute atomic E-state index is 0.0592.